The van der Waals surface area contributed by atoms with E-state index in [1.807, 2.05) is 6.07 Å². The number of rotatable bonds is 6. The highest BCUT2D eigenvalue weighted by Crippen LogP contribution is 2.16. The van der Waals surface area contributed by atoms with Crippen LogP contribution in [0.2, 0.25) is 0 Å². The third-order valence-electron chi connectivity index (χ3n) is 4.05. The van der Waals surface area contributed by atoms with Crippen LogP contribution >= 0.6 is 0 Å². The third kappa shape index (κ3) is 5.55. The highest BCUT2D eigenvalue weighted by Gasteiger charge is 2.23. The summed E-state index contributed by atoms with van der Waals surface area (Å²) in [5.74, 6) is 0.120. The molecule has 1 saturated heterocycles. The van der Waals surface area contributed by atoms with Crippen LogP contribution in [0.3, 0.4) is 0 Å². The molecule has 0 radical (unpaired) electrons. The lowest BCUT2D eigenvalue weighted by Gasteiger charge is -2.28. The maximum absolute atomic E-state index is 11.6. The Morgan fingerprint density at radius 3 is 2.48 bits per heavy atom. The number of quaternary nitrogens is 1. The second kappa shape index (κ2) is 7.78. The number of benzene rings is 1. The van der Waals surface area contributed by atoms with Crippen molar-refractivity contribution < 1.29 is 14.5 Å². The predicted octanol–water partition coefficient (Wildman–Crippen LogP) is -0.874. The molecule has 0 atom stereocenters. The number of nitrogens with two attached hydrogens (primary N) is 1. The molecular weight excluding hydrogens is 266 g/mol. The minimum Gasteiger partial charge on any atom is -0.368 e. The van der Waals surface area contributed by atoms with E-state index in [0.29, 0.717) is 12.5 Å². The van der Waals surface area contributed by atoms with Crippen LogP contribution in [0, 0.1) is 5.92 Å². The molecule has 2 amide bonds. The Morgan fingerprint density at radius 1 is 1.19 bits per heavy atom. The van der Waals surface area contributed by atoms with E-state index >= 15 is 0 Å². The number of carbonyl (C=O) groups is 2. The molecule has 21 heavy (non-hydrogen) atoms. The molecule has 1 aliphatic heterocycles. The minimum atomic E-state index is -0.500. The van der Waals surface area contributed by atoms with Crippen LogP contribution in [-0.4, -0.2) is 38.0 Å². The van der Waals surface area contributed by atoms with E-state index in [-0.39, 0.29) is 12.5 Å². The van der Waals surface area contributed by atoms with Gasteiger partial charge < -0.3 is 16.0 Å². The van der Waals surface area contributed by atoms with E-state index in [4.69, 9.17) is 5.73 Å². The van der Waals surface area contributed by atoms with Crippen LogP contribution in [0.1, 0.15) is 18.4 Å². The number of amides is 2. The number of likely N-dealkylation sites (tertiary alicyclic amines) is 1. The number of hydrogen-bond donors (Lipinski definition) is 3. The zero-order valence-corrected chi connectivity index (χ0v) is 12.3. The van der Waals surface area contributed by atoms with Gasteiger partial charge in [0.2, 0.25) is 5.91 Å². The van der Waals surface area contributed by atoms with Gasteiger partial charge in [-0.05, 0) is 30.7 Å². The number of nitrogens with one attached hydrogen (secondary N) is 2. The number of hydrogen-bond acceptors (Lipinski definition) is 2. The first kappa shape index (κ1) is 15.5. The number of piperidine rings is 1. The molecule has 1 fully saturated rings. The molecule has 0 aromatic heterocycles. The molecule has 5 heteroatoms. The van der Waals surface area contributed by atoms with E-state index in [9.17, 15) is 9.59 Å². The van der Waals surface area contributed by atoms with Crippen molar-refractivity contribution in [2.75, 3.05) is 26.2 Å². The average molecular weight is 290 g/mol. The number of carbonyl (C=O) groups excluding carboxylic acids is 2. The van der Waals surface area contributed by atoms with Crippen LogP contribution in [0.4, 0.5) is 0 Å². The van der Waals surface area contributed by atoms with Crippen molar-refractivity contribution in [3.05, 3.63) is 35.9 Å². The van der Waals surface area contributed by atoms with Gasteiger partial charge in [0, 0.05) is 0 Å². The first-order valence-electron chi connectivity index (χ1n) is 7.56. The van der Waals surface area contributed by atoms with Crippen molar-refractivity contribution in [2.45, 2.75) is 19.3 Å². The van der Waals surface area contributed by atoms with Crippen LogP contribution in [-0.2, 0) is 16.0 Å². The Kier molecular flexibility index (Phi) is 5.75. The molecule has 1 heterocycles. The second-order valence-corrected chi connectivity index (χ2v) is 5.80. The Hall–Kier alpha value is -1.88. The molecule has 114 valence electrons. The van der Waals surface area contributed by atoms with Gasteiger partial charge in [-0.1, -0.05) is 30.3 Å². The van der Waals surface area contributed by atoms with E-state index in [0.717, 1.165) is 32.4 Å². The summed E-state index contributed by atoms with van der Waals surface area (Å²) in [6.07, 6.45) is 3.42. The van der Waals surface area contributed by atoms with Gasteiger partial charge in [0.25, 0.3) is 5.91 Å². The normalized spacial score (nSPS) is 21.7. The summed E-state index contributed by atoms with van der Waals surface area (Å²) >= 11 is 0. The summed E-state index contributed by atoms with van der Waals surface area (Å²) in [7, 11) is 0. The lowest BCUT2D eigenvalue weighted by Crippen LogP contribution is -3.14. The van der Waals surface area contributed by atoms with Crippen LogP contribution in [0.15, 0.2) is 30.3 Å². The van der Waals surface area contributed by atoms with Crippen LogP contribution in [0.5, 0.6) is 0 Å². The van der Waals surface area contributed by atoms with Gasteiger partial charge in [-0.15, -0.1) is 0 Å². The first-order valence-corrected chi connectivity index (χ1v) is 7.56. The van der Waals surface area contributed by atoms with Crippen molar-refractivity contribution in [1.29, 1.82) is 0 Å². The van der Waals surface area contributed by atoms with Gasteiger partial charge in [0.1, 0.15) is 0 Å². The second-order valence-electron chi connectivity index (χ2n) is 5.80. The van der Waals surface area contributed by atoms with E-state index in [2.05, 4.69) is 29.6 Å². The molecule has 2 rings (SSSR count). The Labute approximate surface area is 125 Å². The summed E-state index contributed by atoms with van der Waals surface area (Å²) in [5, 5.41) is 2.55. The molecule has 4 N–H and O–H groups in total. The van der Waals surface area contributed by atoms with Crippen molar-refractivity contribution in [3.8, 4) is 0 Å². The molecular formula is C16H24N3O2+. The van der Waals surface area contributed by atoms with Gasteiger partial charge in [0.05, 0.1) is 19.6 Å². The molecule has 1 aromatic rings. The summed E-state index contributed by atoms with van der Waals surface area (Å²) in [4.78, 5) is 23.6. The lowest BCUT2D eigenvalue weighted by molar-refractivity contribution is -0.898. The zero-order chi connectivity index (χ0) is 15.1. The van der Waals surface area contributed by atoms with Gasteiger partial charge in [-0.2, -0.15) is 0 Å². The van der Waals surface area contributed by atoms with Gasteiger partial charge in [-0.3, -0.25) is 9.59 Å². The standard InChI is InChI=1S/C16H23N3O2/c17-15(20)11-18-16(21)12-19-8-6-14(7-9-19)10-13-4-2-1-3-5-13/h1-5,14H,6-12H2,(H2,17,20)(H,18,21)/p+1. The maximum atomic E-state index is 11.6. The predicted molar refractivity (Wildman–Crippen MR) is 80.6 cm³/mol. The smallest absolute Gasteiger partial charge is 0.275 e. The molecule has 1 aliphatic rings. The Bertz CT molecular complexity index is 468. The highest BCUT2D eigenvalue weighted by atomic mass is 16.2. The van der Waals surface area contributed by atoms with E-state index < -0.39 is 5.91 Å². The van der Waals surface area contributed by atoms with Crippen molar-refractivity contribution >= 4 is 11.8 Å². The van der Waals surface area contributed by atoms with E-state index in [1.165, 1.54) is 10.5 Å². The summed E-state index contributed by atoms with van der Waals surface area (Å²) < 4.78 is 0. The fourth-order valence-corrected chi connectivity index (χ4v) is 2.89. The molecule has 0 aliphatic carbocycles. The molecule has 0 saturated carbocycles. The monoisotopic (exact) mass is 290 g/mol. The fraction of sp³-hybridized carbons (Fsp3) is 0.500. The largest absolute Gasteiger partial charge is 0.368 e. The zero-order valence-electron chi connectivity index (χ0n) is 12.3. The topological polar surface area (TPSA) is 76.6 Å². The fourth-order valence-electron chi connectivity index (χ4n) is 2.89. The summed E-state index contributed by atoms with van der Waals surface area (Å²) in [5.41, 5.74) is 6.40. The van der Waals surface area contributed by atoms with Crippen LogP contribution in [0.25, 0.3) is 0 Å². The summed E-state index contributed by atoms with van der Waals surface area (Å²) in [6, 6.07) is 10.6. The van der Waals surface area contributed by atoms with Gasteiger partial charge in [0.15, 0.2) is 6.54 Å². The first-order chi connectivity index (χ1) is 10.1. The SMILES string of the molecule is NC(=O)CNC(=O)C[NH+]1CCC(Cc2ccccc2)CC1. The summed E-state index contributed by atoms with van der Waals surface area (Å²) in [6.45, 7) is 2.40. The van der Waals surface area contributed by atoms with Crippen LogP contribution < -0.4 is 16.0 Å². The van der Waals surface area contributed by atoms with Crippen molar-refractivity contribution in [3.63, 3.8) is 0 Å². The molecule has 0 unspecified atom stereocenters. The molecule has 0 bridgehead atoms. The Balaban J connectivity index is 1.68. The van der Waals surface area contributed by atoms with Gasteiger partial charge >= 0.3 is 0 Å². The Morgan fingerprint density at radius 2 is 1.86 bits per heavy atom. The minimum absolute atomic E-state index is 0.0667. The third-order valence-corrected chi connectivity index (χ3v) is 4.05. The van der Waals surface area contributed by atoms with Crippen molar-refractivity contribution in [2.24, 2.45) is 11.7 Å². The average Bonchev–Trinajstić information content (AvgIpc) is 2.48. The highest BCUT2D eigenvalue weighted by molar-refractivity contribution is 5.84. The lowest BCUT2D eigenvalue weighted by atomic mass is 9.90. The molecule has 0 spiro atoms. The van der Waals surface area contributed by atoms with E-state index in [1.54, 1.807) is 0 Å². The maximum Gasteiger partial charge on any atom is 0.275 e. The van der Waals surface area contributed by atoms with Gasteiger partial charge in [-0.25, -0.2) is 0 Å². The van der Waals surface area contributed by atoms with Crippen molar-refractivity contribution in [1.82, 2.24) is 5.32 Å². The number of primary amides is 1. The molecule has 1 aromatic carbocycles. The quantitative estimate of drug-likeness (QED) is 0.637. The molecule has 5 nitrogen and oxygen atoms in total.